The maximum absolute atomic E-state index is 14.4. The molecule has 0 aliphatic heterocycles. The number of nitrogens with zero attached hydrogens (tertiary/aromatic N) is 4. The van der Waals surface area contributed by atoms with Crippen molar-refractivity contribution in [3.05, 3.63) is 86.2 Å². The van der Waals surface area contributed by atoms with Gasteiger partial charge in [0.05, 0.1) is 22.9 Å². The lowest BCUT2D eigenvalue weighted by Gasteiger charge is -2.08. The largest absolute Gasteiger partial charge is 0.325 e. The third-order valence-corrected chi connectivity index (χ3v) is 5.20. The molecule has 2 atom stereocenters. The van der Waals surface area contributed by atoms with E-state index in [4.69, 9.17) is 5.26 Å². The van der Waals surface area contributed by atoms with Crippen LogP contribution in [0.15, 0.2) is 52.4 Å². The molecular formula is C20H13FN6O2. The Bertz CT molecular complexity index is 1430. The van der Waals surface area contributed by atoms with Crippen LogP contribution in [0, 0.1) is 17.1 Å². The highest BCUT2D eigenvalue weighted by molar-refractivity contribution is 5.63. The highest BCUT2D eigenvalue weighted by atomic mass is 19.1. The first kappa shape index (κ1) is 17.1. The first-order valence-electron chi connectivity index (χ1n) is 8.91. The number of nitriles is 1. The number of halogens is 1. The van der Waals surface area contributed by atoms with E-state index in [-0.39, 0.29) is 23.2 Å². The van der Waals surface area contributed by atoms with Crippen molar-refractivity contribution >= 4 is 5.65 Å². The molecule has 3 heterocycles. The van der Waals surface area contributed by atoms with Crippen LogP contribution in [0.3, 0.4) is 0 Å². The molecule has 1 aliphatic rings. The fourth-order valence-electron chi connectivity index (χ4n) is 3.73. The molecule has 3 aromatic heterocycles. The average molecular weight is 388 g/mol. The molecule has 4 aromatic rings. The minimum absolute atomic E-state index is 0.0214. The zero-order valence-electron chi connectivity index (χ0n) is 14.9. The van der Waals surface area contributed by atoms with Crippen molar-refractivity contribution in [1.82, 2.24) is 24.6 Å². The van der Waals surface area contributed by atoms with Crippen LogP contribution in [0.25, 0.3) is 16.9 Å². The summed E-state index contributed by atoms with van der Waals surface area (Å²) in [5.41, 5.74) is 1.81. The number of fused-ring (bicyclic) bond motifs is 1. The van der Waals surface area contributed by atoms with E-state index in [1.54, 1.807) is 29.0 Å². The van der Waals surface area contributed by atoms with Crippen LogP contribution in [-0.4, -0.2) is 24.6 Å². The average Bonchev–Trinajstić information content (AvgIpc) is 3.35. The quantitative estimate of drug-likeness (QED) is 0.557. The van der Waals surface area contributed by atoms with E-state index in [1.165, 1.54) is 18.3 Å². The monoisotopic (exact) mass is 388 g/mol. The van der Waals surface area contributed by atoms with Crippen LogP contribution in [-0.2, 0) is 0 Å². The predicted molar refractivity (Wildman–Crippen MR) is 101 cm³/mol. The number of aromatic amines is 2. The molecule has 9 heteroatoms. The van der Waals surface area contributed by atoms with Gasteiger partial charge in [0.1, 0.15) is 5.82 Å². The van der Waals surface area contributed by atoms with Crippen LogP contribution in [0.4, 0.5) is 4.39 Å². The van der Waals surface area contributed by atoms with Crippen LogP contribution in [0.2, 0.25) is 0 Å². The zero-order chi connectivity index (χ0) is 20.1. The highest BCUT2D eigenvalue weighted by Crippen LogP contribution is 2.56. The minimum Gasteiger partial charge on any atom is -0.313 e. The summed E-state index contributed by atoms with van der Waals surface area (Å²) in [5.74, 6) is -0.456. The lowest BCUT2D eigenvalue weighted by molar-refractivity contribution is 0.609. The van der Waals surface area contributed by atoms with E-state index in [9.17, 15) is 14.0 Å². The van der Waals surface area contributed by atoms with E-state index < -0.39 is 11.2 Å². The second kappa shape index (κ2) is 6.24. The van der Waals surface area contributed by atoms with Gasteiger partial charge in [0, 0.05) is 24.2 Å². The van der Waals surface area contributed by atoms with Crippen LogP contribution in [0.5, 0.6) is 0 Å². The molecule has 0 radical (unpaired) electrons. The molecule has 0 amide bonds. The Morgan fingerprint density at radius 2 is 2.03 bits per heavy atom. The Balaban J connectivity index is 1.61. The van der Waals surface area contributed by atoms with Crippen LogP contribution < -0.4 is 11.2 Å². The van der Waals surface area contributed by atoms with Gasteiger partial charge in [-0.3, -0.25) is 9.78 Å². The summed E-state index contributed by atoms with van der Waals surface area (Å²) >= 11 is 0. The summed E-state index contributed by atoms with van der Waals surface area (Å²) in [7, 11) is 0. The number of imidazole rings is 1. The molecular weight excluding hydrogens is 375 g/mol. The number of hydrogen-bond donors (Lipinski definition) is 2. The molecule has 1 aromatic carbocycles. The number of aromatic nitrogens is 5. The summed E-state index contributed by atoms with van der Waals surface area (Å²) in [6.45, 7) is 0. The summed E-state index contributed by atoms with van der Waals surface area (Å²) in [4.78, 5) is 32.5. The highest BCUT2D eigenvalue weighted by Gasteiger charge is 2.43. The topological polar surface area (TPSA) is 120 Å². The van der Waals surface area contributed by atoms with Gasteiger partial charge < -0.3 is 4.98 Å². The summed E-state index contributed by atoms with van der Waals surface area (Å²) in [5, 5.41) is 13.5. The van der Waals surface area contributed by atoms with Crippen molar-refractivity contribution in [3.63, 3.8) is 0 Å². The second-order valence-corrected chi connectivity index (χ2v) is 6.96. The van der Waals surface area contributed by atoms with Gasteiger partial charge in [0.2, 0.25) is 0 Å². The first-order chi connectivity index (χ1) is 14.0. The van der Waals surface area contributed by atoms with Gasteiger partial charge >= 0.3 is 5.69 Å². The van der Waals surface area contributed by atoms with Crippen LogP contribution >= 0.6 is 0 Å². The summed E-state index contributed by atoms with van der Waals surface area (Å²) in [6.07, 6.45) is 5.27. The van der Waals surface area contributed by atoms with Crippen molar-refractivity contribution in [3.8, 4) is 17.3 Å². The SMILES string of the molecule is N#Cc1ccc(F)c([C@@H]2C[C@H]2c2cc(-c3c[nH]c(=O)[nH]c3=O)nn3ccnc23)c1. The number of nitrogens with one attached hydrogen (secondary N) is 2. The van der Waals surface area contributed by atoms with Gasteiger partial charge in [0.15, 0.2) is 5.65 Å². The second-order valence-electron chi connectivity index (χ2n) is 6.96. The third kappa shape index (κ3) is 2.82. The van der Waals surface area contributed by atoms with E-state index in [1.807, 2.05) is 6.07 Å². The number of rotatable bonds is 3. The Labute approximate surface area is 162 Å². The maximum Gasteiger partial charge on any atom is 0.325 e. The first-order valence-corrected chi connectivity index (χ1v) is 8.91. The minimum atomic E-state index is -0.599. The van der Waals surface area contributed by atoms with E-state index in [0.717, 1.165) is 5.56 Å². The standard InChI is InChI=1S/C20H13FN6O2/c21-16-2-1-10(8-22)5-13(16)11-6-12(11)14-7-17(26-27-4-3-23-18(14)27)15-9-24-20(29)25-19(15)28/h1-5,7,9,11-12H,6H2,(H2,24,25,28,29)/t11-,12-/m1/s1. The van der Waals surface area contributed by atoms with Gasteiger partial charge in [-0.15, -0.1) is 0 Å². The Morgan fingerprint density at radius 1 is 1.21 bits per heavy atom. The van der Waals surface area contributed by atoms with Crippen molar-refractivity contribution < 1.29 is 4.39 Å². The smallest absolute Gasteiger partial charge is 0.313 e. The number of benzene rings is 1. The molecule has 1 saturated carbocycles. The van der Waals surface area contributed by atoms with Crippen molar-refractivity contribution in [2.24, 2.45) is 0 Å². The third-order valence-electron chi connectivity index (χ3n) is 5.20. The predicted octanol–water partition coefficient (Wildman–Crippen LogP) is 2.05. The number of hydrogen-bond acceptors (Lipinski definition) is 5. The molecule has 5 rings (SSSR count). The van der Waals surface area contributed by atoms with Crippen LogP contribution in [0.1, 0.15) is 34.9 Å². The Kier molecular flexibility index (Phi) is 3.67. The molecule has 0 unspecified atom stereocenters. The summed E-state index contributed by atoms with van der Waals surface area (Å²) < 4.78 is 15.9. The van der Waals surface area contributed by atoms with Gasteiger partial charge in [-0.25, -0.2) is 18.7 Å². The molecule has 29 heavy (non-hydrogen) atoms. The normalized spacial score (nSPS) is 17.9. The Hall–Kier alpha value is -4.06. The molecule has 2 N–H and O–H groups in total. The van der Waals surface area contributed by atoms with E-state index >= 15 is 0 Å². The molecule has 142 valence electrons. The molecule has 1 aliphatic carbocycles. The maximum atomic E-state index is 14.4. The lowest BCUT2D eigenvalue weighted by Crippen LogP contribution is -2.23. The lowest BCUT2D eigenvalue weighted by atomic mass is 10.0. The zero-order valence-corrected chi connectivity index (χ0v) is 14.9. The molecule has 0 bridgehead atoms. The van der Waals surface area contributed by atoms with Gasteiger partial charge in [-0.05, 0) is 48.1 Å². The molecule has 0 saturated heterocycles. The van der Waals surface area contributed by atoms with Crippen molar-refractivity contribution in [1.29, 1.82) is 5.26 Å². The van der Waals surface area contributed by atoms with Gasteiger partial charge in [-0.1, -0.05) is 0 Å². The number of H-pyrrole nitrogens is 2. The van der Waals surface area contributed by atoms with E-state index in [2.05, 4.69) is 20.1 Å². The van der Waals surface area contributed by atoms with E-state index in [0.29, 0.717) is 28.9 Å². The Morgan fingerprint density at radius 3 is 2.83 bits per heavy atom. The van der Waals surface area contributed by atoms with Crippen molar-refractivity contribution in [2.45, 2.75) is 18.3 Å². The molecule has 8 nitrogen and oxygen atoms in total. The van der Waals surface area contributed by atoms with Gasteiger partial charge in [-0.2, -0.15) is 10.4 Å². The fourth-order valence-corrected chi connectivity index (χ4v) is 3.73. The summed E-state index contributed by atoms with van der Waals surface area (Å²) in [6, 6.07) is 8.14. The van der Waals surface area contributed by atoms with Gasteiger partial charge in [0.25, 0.3) is 5.56 Å². The fraction of sp³-hybridized carbons (Fsp3) is 0.150. The van der Waals surface area contributed by atoms with Crippen molar-refractivity contribution in [2.75, 3.05) is 0 Å². The molecule has 1 fully saturated rings. The molecule has 0 spiro atoms.